The number of hydrogen-bond donors (Lipinski definition) is 2. The average Bonchev–Trinajstić information content (AvgIpc) is 2.61. The van der Waals surface area contributed by atoms with Crippen molar-refractivity contribution >= 4 is 0 Å². The first-order chi connectivity index (χ1) is 6.43. The van der Waals surface area contributed by atoms with Crippen molar-refractivity contribution in [3.05, 3.63) is 23.3 Å². The molecule has 1 aliphatic carbocycles. The molecule has 0 spiro atoms. The first-order valence-electron chi connectivity index (χ1n) is 5.31. The van der Waals surface area contributed by atoms with E-state index in [9.17, 15) is 0 Å². The molecule has 3 aliphatic rings. The van der Waals surface area contributed by atoms with Gasteiger partial charge in [-0.1, -0.05) is 12.2 Å². The summed E-state index contributed by atoms with van der Waals surface area (Å²) in [5.41, 5.74) is 3.10. The highest BCUT2D eigenvalue weighted by Crippen LogP contribution is 2.27. The largest absolute Gasteiger partial charge is 0.311 e. The second kappa shape index (κ2) is 2.96. The van der Waals surface area contributed by atoms with Gasteiger partial charge in [-0.15, -0.1) is 0 Å². The van der Waals surface area contributed by atoms with Gasteiger partial charge in [-0.3, -0.25) is 0 Å². The van der Waals surface area contributed by atoms with Gasteiger partial charge in [0.1, 0.15) is 0 Å². The Balaban J connectivity index is 1.94. The molecule has 2 nitrogen and oxygen atoms in total. The Morgan fingerprint density at radius 3 is 3.31 bits per heavy atom. The van der Waals surface area contributed by atoms with Gasteiger partial charge in [0, 0.05) is 25.2 Å². The van der Waals surface area contributed by atoms with Crippen LogP contribution >= 0.6 is 0 Å². The molecule has 2 unspecified atom stereocenters. The van der Waals surface area contributed by atoms with Crippen molar-refractivity contribution in [2.45, 2.75) is 31.3 Å². The highest BCUT2D eigenvalue weighted by Gasteiger charge is 2.29. The van der Waals surface area contributed by atoms with Crippen molar-refractivity contribution in [3.63, 3.8) is 0 Å². The summed E-state index contributed by atoms with van der Waals surface area (Å²) in [6.45, 7) is 2.21. The molecular weight excluding hydrogens is 160 g/mol. The van der Waals surface area contributed by atoms with E-state index < -0.39 is 0 Å². The number of fused-ring (bicyclic) bond motifs is 2. The molecule has 70 valence electrons. The Labute approximate surface area is 79.1 Å². The van der Waals surface area contributed by atoms with Gasteiger partial charge in [0.25, 0.3) is 0 Å². The summed E-state index contributed by atoms with van der Waals surface area (Å²) in [5.74, 6) is 0. The second-order valence-electron chi connectivity index (χ2n) is 4.26. The first-order valence-corrected chi connectivity index (χ1v) is 5.31. The third kappa shape index (κ3) is 1.25. The van der Waals surface area contributed by atoms with Crippen LogP contribution in [0.2, 0.25) is 0 Å². The Hall–Kier alpha value is -0.600. The van der Waals surface area contributed by atoms with Crippen LogP contribution in [0.1, 0.15) is 19.3 Å². The fourth-order valence-corrected chi connectivity index (χ4v) is 2.63. The van der Waals surface area contributed by atoms with Crippen LogP contribution in [0.25, 0.3) is 0 Å². The predicted octanol–water partition coefficient (Wildman–Crippen LogP) is 0.967. The van der Waals surface area contributed by atoms with E-state index in [4.69, 9.17) is 0 Å². The van der Waals surface area contributed by atoms with Crippen molar-refractivity contribution in [1.82, 2.24) is 10.6 Å². The molecular formula is C11H16N2. The number of hydrogen-bond acceptors (Lipinski definition) is 2. The molecule has 2 heterocycles. The maximum Gasteiger partial charge on any atom is 0.0426 e. The molecule has 1 saturated heterocycles. The Bertz CT molecular complexity index is 278. The molecule has 13 heavy (non-hydrogen) atoms. The van der Waals surface area contributed by atoms with Gasteiger partial charge < -0.3 is 10.6 Å². The highest BCUT2D eigenvalue weighted by atomic mass is 15.1. The lowest BCUT2D eigenvalue weighted by molar-refractivity contribution is 0.458. The maximum atomic E-state index is 3.72. The fraction of sp³-hybridized carbons (Fsp3) is 0.636. The van der Waals surface area contributed by atoms with Gasteiger partial charge in [0.05, 0.1) is 0 Å². The maximum absolute atomic E-state index is 3.72. The molecule has 0 radical (unpaired) electrons. The van der Waals surface area contributed by atoms with Gasteiger partial charge >= 0.3 is 0 Å². The lowest BCUT2D eigenvalue weighted by Crippen LogP contribution is -2.44. The third-order valence-electron chi connectivity index (χ3n) is 3.36. The van der Waals surface area contributed by atoms with Gasteiger partial charge in [-0.25, -0.2) is 0 Å². The van der Waals surface area contributed by atoms with Crippen molar-refractivity contribution in [2.75, 3.05) is 13.1 Å². The van der Waals surface area contributed by atoms with Gasteiger partial charge in [0.2, 0.25) is 0 Å². The molecule has 2 atom stereocenters. The fourth-order valence-electron chi connectivity index (χ4n) is 2.63. The minimum absolute atomic E-state index is 0.625. The molecule has 0 aromatic rings. The molecule has 2 heteroatoms. The van der Waals surface area contributed by atoms with Crippen LogP contribution in [0.5, 0.6) is 0 Å². The summed E-state index contributed by atoms with van der Waals surface area (Å²) in [6, 6.07) is 1.28. The zero-order valence-corrected chi connectivity index (χ0v) is 7.84. The molecule has 0 aromatic heterocycles. The van der Waals surface area contributed by atoms with Crippen molar-refractivity contribution in [1.29, 1.82) is 0 Å². The minimum Gasteiger partial charge on any atom is -0.311 e. The lowest BCUT2D eigenvalue weighted by atomic mass is 9.88. The van der Waals surface area contributed by atoms with Crippen LogP contribution in [0.4, 0.5) is 0 Å². The highest BCUT2D eigenvalue weighted by molar-refractivity contribution is 5.38. The van der Waals surface area contributed by atoms with Crippen LogP contribution in [0.3, 0.4) is 0 Å². The summed E-state index contributed by atoms with van der Waals surface area (Å²) in [5, 5.41) is 7.13. The van der Waals surface area contributed by atoms with E-state index >= 15 is 0 Å². The topological polar surface area (TPSA) is 24.1 Å². The normalized spacial score (nSPS) is 37.5. The Morgan fingerprint density at radius 2 is 2.31 bits per heavy atom. The molecule has 0 aromatic carbocycles. The Morgan fingerprint density at radius 1 is 1.31 bits per heavy atom. The zero-order valence-electron chi connectivity index (χ0n) is 7.84. The van der Waals surface area contributed by atoms with E-state index in [1.54, 1.807) is 11.1 Å². The van der Waals surface area contributed by atoms with Crippen molar-refractivity contribution in [2.24, 2.45) is 0 Å². The van der Waals surface area contributed by atoms with Gasteiger partial charge in [-0.2, -0.15) is 0 Å². The number of rotatable bonds is 0. The van der Waals surface area contributed by atoms with Gasteiger partial charge in [0.15, 0.2) is 0 Å². The van der Waals surface area contributed by atoms with E-state index in [0.717, 1.165) is 13.1 Å². The molecule has 1 fully saturated rings. The van der Waals surface area contributed by atoms with Crippen LogP contribution in [0, 0.1) is 0 Å². The monoisotopic (exact) mass is 176 g/mol. The molecule has 0 amide bonds. The lowest BCUT2D eigenvalue weighted by Gasteiger charge is -2.32. The van der Waals surface area contributed by atoms with Crippen LogP contribution in [-0.4, -0.2) is 25.2 Å². The average molecular weight is 176 g/mol. The molecule has 2 aliphatic heterocycles. The predicted molar refractivity (Wildman–Crippen MR) is 53.6 cm³/mol. The van der Waals surface area contributed by atoms with E-state index in [2.05, 4.69) is 22.8 Å². The quantitative estimate of drug-likeness (QED) is 0.574. The van der Waals surface area contributed by atoms with Crippen LogP contribution in [0.15, 0.2) is 23.3 Å². The standard InChI is InChI=1S/C11H16N2/c1-2-4-10-8(3-1)5-9-6-12-7-11(9)13-10/h3,5,10-13H,1-2,4,6-7H2. The SMILES string of the molecule is C1=C2C=C3CNCC3NC2CCC1. The first kappa shape index (κ1) is 7.77. The second-order valence-corrected chi connectivity index (χ2v) is 4.26. The summed E-state index contributed by atoms with van der Waals surface area (Å²) >= 11 is 0. The molecule has 3 rings (SSSR count). The smallest absolute Gasteiger partial charge is 0.0426 e. The summed E-state index contributed by atoms with van der Waals surface area (Å²) in [7, 11) is 0. The van der Waals surface area contributed by atoms with E-state index in [1.165, 1.54) is 19.3 Å². The number of nitrogens with one attached hydrogen (secondary N) is 2. The summed E-state index contributed by atoms with van der Waals surface area (Å²) in [6.07, 6.45) is 8.78. The van der Waals surface area contributed by atoms with Crippen LogP contribution in [-0.2, 0) is 0 Å². The molecule has 0 bridgehead atoms. The van der Waals surface area contributed by atoms with Crippen LogP contribution < -0.4 is 10.6 Å². The molecule has 2 N–H and O–H groups in total. The minimum atomic E-state index is 0.625. The zero-order chi connectivity index (χ0) is 8.67. The number of allylic oxidation sites excluding steroid dienone is 1. The third-order valence-corrected chi connectivity index (χ3v) is 3.36. The van der Waals surface area contributed by atoms with Crippen molar-refractivity contribution < 1.29 is 0 Å². The van der Waals surface area contributed by atoms with E-state index in [-0.39, 0.29) is 0 Å². The summed E-state index contributed by atoms with van der Waals surface area (Å²) < 4.78 is 0. The Kier molecular flexibility index (Phi) is 1.77. The molecule has 0 saturated carbocycles. The summed E-state index contributed by atoms with van der Waals surface area (Å²) in [4.78, 5) is 0. The van der Waals surface area contributed by atoms with E-state index in [0.29, 0.717) is 12.1 Å². The van der Waals surface area contributed by atoms with E-state index in [1.807, 2.05) is 0 Å². The van der Waals surface area contributed by atoms with Crippen molar-refractivity contribution in [3.8, 4) is 0 Å². The van der Waals surface area contributed by atoms with Gasteiger partial charge in [-0.05, 0) is 30.4 Å².